The highest BCUT2D eigenvalue weighted by Crippen LogP contribution is 2.30. The van der Waals surface area contributed by atoms with Gasteiger partial charge in [-0.1, -0.05) is 0 Å². The first-order valence-electron chi connectivity index (χ1n) is 7.54. The second-order valence-corrected chi connectivity index (χ2v) is 5.56. The standard InChI is InChI=1S/C16H11N3O7/c20-11-2-1-3-12(7-11)26-16(21)14-13(19(24)25)5-4-9-6-10(18(22)23)8-17-15(9)14/h4-8H,1-3H2. The molecule has 10 nitrogen and oxygen atoms in total. The Morgan fingerprint density at radius 3 is 2.58 bits per heavy atom. The fourth-order valence-corrected chi connectivity index (χ4v) is 2.64. The van der Waals surface area contributed by atoms with Crippen molar-refractivity contribution in [1.82, 2.24) is 4.98 Å². The number of pyridine rings is 1. The van der Waals surface area contributed by atoms with Crippen LogP contribution >= 0.6 is 0 Å². The molecular weight excluding hydrogens is 346 g/mol. The summed E-state index contributed by atoms with van der Waals surface area (Å²) >= 11 is 0. The number of carbonyl (C=O) groups is 2. The molecule has 1 aromatic carbocycles. The normalized spacial score (nSPS) is 14.0. The van der Waals surface area contributed by atoms with Gasteiger partial charge in [0.05, 0.1) is 15.4 Å². The van der Waals surface area contributed by atoms with Crippen molar-refractivity contribution in [1.29, 1.82) is 0 Å². The summed E-state index contributed by atoms with van der Waals surface area (Å²) in [6.07, 6.45) is 3.32. The van der Waals surface area contributed by atoms with Crippen molar-refractivity contribution in [2.75, 3.05) is 0 Å². The van der Waals surface area contributed by atoms with Crippen LogP contribution in [0.3, 0.4) is 0 Å². The number of esters is 1. The van der Waals surface area contributed by atoms with E-state index in [-0.39, 0.29) is 28.1 Å². The van der Waals surface area contributed by atoms with Crippen molar-refractivity contribution >= 4 is 34.0 Å². The molecule has 0 radical (unpaired) electrons. The highest BCUT2D eigenvalue weighted by Gasteiger charge is 2.28. The Morgan fingerprint density at radius 2 is 1.92 bits per heavy atom. The maximum atomic E-state index is 12.5. The quantitative estimate of drug-likeness (QED) is 0.461. The summed E-state index contributed by atoms with van der Waals surface area (Å²) in [4.78, 5) is 48.5. The van der Waals surface area contributed by atoms with Crippen LogP contribution in [0.2, 0.25) is 0 Å². The molecule has 0 amide bonds. The van der Waals surface area contributed by atoms with Gasteiger partial charge in [0.15, 0.2) is 11.3 Å². The van der Waals surface area contributed by atoms with Gasteiger partial charge in [0.25, 0.3) is 11.4 Å². The summed E-state index contributed by atoms with van der Waals surface area (Å²) in [5, 5.41) is 22.3. The number of ketones is 1. The Hall–Kier alpha value is -3.69. The number of benzene rings is 1. The third-order valence-corrected chi connectivity index (χ3v) is 3.82. The van der Waals surface area contributed by atoms with Crippen molar-refractivity contribution in [2.24, 2.45) is 0 Å². The molecule has 2 aromatic rings. The van der Waals surface area contributed by atoms with E-state index >= 15 is 0 Å². The number of nitro groups is 2. The van der Waals surface area contributed by atoms with Crippen LogP contribution < -0.4 is 0 Å². The smallest absolute Gasteiger partial charge is 0.352 e. The first-order chi connectivity index (χ1) is 12.4. The number of allylic oxidation sites excluding steroid dienone is 2. The van der Waals surface area contributed by atoms with E-state index in [1.807, 2.05) is 0 Å². The lowest BCUT2D eigenvalue weighted by molar-refractivity contribution is -0.385. The zero-order valence-electron chi connectivity index (χ0n) is 13.2. The van der Waals surface area contributed by atoms with E-state index in [1.54, 1.807) is 0 Å². The first kappa shape index (κ1) is 17.1. The summed E-state index contributed by atoms with van der Waals surface area (Å²) in [6.45, 7) is 0. The lowest BCUT2D eigenvalue weighted by Gasteiger charge is -2.13. The molecule has 1 aliphatic rings. The van der Waals surface area contributed by atoms with Crippen molar-refractivity contribution in [3.63, 3.8) is 0 Å². The maximum absolute atomic E-state index is 12.5. The Kier molecular flexibility index (Phi) is 4.40. The van der Waals surface area contributed by atoms with Crippen LogP contribution in [-0.4, -0.2) is 26.6 Å². The fourth-order valence-electron chi connectivity index (χ4n) is 2.64. The summed E-state index contributed by atoms with van der Waals surface area (Å²) < 4.78 is 5.15. The van der Waals surface area contributed by atoms with Gasteiger partial charge in [0.1, 0.15) is 12.0 Å². The zero-order chi connectivity index (χ0) is 18.8. The van der Waals surface area contributed by atoms with Gasteiger partial charge in [0.2, 0.25) is 0 Å². The average Bonchev–Trinajstić information content (AvgIpc) is 2.59. The molecule has 0 aliphatic heterocycles. The van der Waals surface area contributed by atoms with Crippen LogP contribution in [0.1, 0.15) is 29.6 Å². The summed E-state index contributed by atoms with van der Waals surface area (Å²) in [6, 6.07) is 3.49. The van der Waals surface area contributed by atoms with Gasteiger partial charge in [-0.05, 0) is 12.5 Å². The van der Waals surface area contributed by atoms with Gasteiger partial charge in [-0.25, -0.2) is 9.78 Å². The monoisotopic (exact) mass is 357 g/mol. The molecule has 0 bridgehead atoms. The van der Waals surface area contributed by atoms with Crippen LogP contribution in [0.15, 0.2) is 36.2 Å². The van der Waals surface area contributed by atoms with Gasteiger partial charge in [0, 0.05) is 36.4 Å². The van der Waals surface area contributed by atoms with Gasteiger partial charge in [-0.2, -0.15) is 0 Å². The van der Waals surface area contributed by atoms with Crippen molar-refractivity contribution in [3.05, 3.63) is 62.0 Å². The van der Waals surface area contributed by atoms with Crippen molar-refractivity contribution < 1.29 is 24.2 Å². The first-order valence-corrected chi connectivity index (χ1v) is 7.54. The van der Waals surface area contributed by atoms with E-state index in [0.29, 0.717) is 19.3 Å². The molecular formula is C16H11N3O7. The highest BCUT2D eigenvalue weighted by molar-refractivity contribution is 6.07. The number of nitrogens with zero attached hydrogens (tertiary/aromatic N) is 3. The fraction of sp³-hybridized carbons (Fsp3) is 0.188. The topological polar surface area (TPSA) is 143 Å². The minimum atomic E-state index is -1.04. The molecule has 26 heavy (non-hydrogen) atoms. The largest absolute Gasteiger partial charge is 0.427 e. The molecule has 132 valence electrons. The minimum Gasteiger partial charge on any atom is -0.427 e. The second-order valence-electron chi connectivity index (χ2n) is 5.56. The molecule has 0 N–H and O–H groups in total. The third kappa shape index (κ3) is 3.24. The summed E-state index contributed by atoms with van der Waals surface area (Å²) in [5.74, 6) is -1.11. The molecule has 3 rings (SSSR count). The van der Waals surface area contributed by atoms with Crippen LogP contribution in [-0.2, 0) is 9.53 Å². The molecule has 0 saturated heterocycles. The predicted molar refractivity (Wildman–Crippen MR) is 87.4 cm³/mol. The van der Waals surface area contributed by atoms with E-state index in [1.165, 1.54) is 12.1 Å². The lowest BCUT2D eigenvalue weighted by Crippen LogP contribution is -2.13. The number of nitro benzene ring substituents is 1. The van der Waals surface area contributed by atoms with Gasteiger partial charge in [-0.15, -0.1) is 0 Å². The number of ether oxygens (including phenoxy) is 1. The molecule has 0 saturated carbocycles. The van der Waals surface area contributed by atoms with Crippen molar-refractivity contribution in [3.8, 4) is 0 Å². The van der Waals surface area contributed by atoms with Crippen molar-refractivity contribution in [2.45, 2.75) is 19.3 Å². The Balaban J connectivity index is 2.10. The molecule has 1 heterocycles. The average molecular weight is 357 g/mol. The summed E-state index contributed by atoms with van der Waals surface area (Å²) in [7, 11) is 0. The number of rotatable bonds is 4. The number of carbonyl (C=O) groups excluding carboxylic acids is 2. The number of aromatic nitrogens is 1. The molecule has 0 atom stereocenters. The third-order valence-electron chi connectivity index (χ3n) is 3.82. The van der Waals surface area contributed by atoms with E-state index in [0.717, 1.165) is 18.3 Å². The SMILES string of the molecule is O=C1C=C(OC(=O)c2c([N+](=O)[O-])ccc3cc([N+](=O)[O-])cnc23)CCC1. The van der Waals surface area contributed by atoms with Gasteiger partial charge < -0.3 is 4.74 Å². The van der Waals surface area contributed by atoms with E-state index < -0.39 is 27.1 Å². The van der Waals surface area contributed by atoms with E-state index in [2.05, 4.69) is 4.98 Å². The Bertz CT molecular complexity index is 997. The number of hydrogen-bond donors (Lipinski definition) is 0. The highest BCUT2D eigenvalue weighted by atomic mass is 16.6. The van der Waals surface area contributed by atoms with Gasteiger partial charge in [-0.3, -0.25) is 25.0 Å². The zero-order valence-corrected chi connectivity index (χ0v) is 13.2. The second kappa shape index (κ2) is 6.67. The minimum absolute atomic E-state index is 0.0856. The van der Waals surface area contributed by atoms with Gasteiger partial charge >= 0.3 is 5.97 Å². The molecule has 0 fully saturated rings. The molecule has 1 aliphatic carbocycles. The molecule has 10 heteroatoms. The Labute approximate surface area is 145 Å². The Morgan fingerprint density at radius 1 is 1.15 bits per heavy atom. The predicted octanol–water partition coefficient (Wildman–Crippen LogP) is 2.84. The molecule has 1 aromatic heterocycles. The molecule has 0 unspecified atom stereocenters. The van der Waals surface area contributed by atoms with Crippen LogP contribution in [0.25, 0.3) is 10.9 Å². The molecule has 0 spiro atoms. The number of fused-ring (bicyclic) bond motifs is 1. The van der Waals surface area contributed by atoms with Crippen LogP contribution in [0.4, 0.5) is 11.4 Å². The van der Waals surface area contributed by atoms with Crippen LogP contribution in [0, 0.1) is 20.2 Å². The van der Waals surface area contributed by atoms with E-state index in [4.69, 9.17) is 4.74 Å². The summed E-state index contributed by atoms with van der Waals surface area (Å²) in [5.41, 5.74) is -1.35. The lowest BCUT2D eigenvalue weighted by atomic mass is 10.0. The maximum Gasteiger partial charge on any atom is 0.352 e. The number of hydrogen-bond acceptors (Lipinski definition) is 8. The van der Waals surface area contributed by atoms with E-state index in [9.17, 15) is 29.8 Å². The van der Waals surface area contributed by atoms with Crippen LogP contribution in [0.5, 0.6) is 0 Å².